The van der Waals surface area contributed by atoms with Gasteiger partial charge in [0.2, 0.25) is 0 Å². The Morgan fingerprint density at radius 3 is 2.82 bits per heavy atom. The molecule has 1 aromatic heterocycles. The van der Waals surface area contributed by atoms with Crippen molar-refractivity contribution >= 4 is 5.57 Å². The molecular formula is C17H17F3N2. The Balaban J connectivity index is 1.67. The monoisotopic (exact) mass is 306 g/mol. The highest BCUT2D eigenvalue weighted by Crippen LogP contribution is 2.29. The van der Waals surface area contributed by atoms with Gasteiger partial charge in [0.15, 0.2) is 0 Å². The maximum absolute atomic E-state index is 12.7. The molecule has 0 amide bonds. The zero-order valence-corrected chi connectivity index (χ0v) is 12.1. The molecule has 0 aromatic carbocycles. The molecule has 2 heterocycles. The minimum atomic E-state index is -4.39. The van der Waals surface area contributed by atoms with Crippen molar-refractivity contribution in [3.05, 3.63) is 59.5 Å². The van der Waals surface area contributed by atoms with E-state index in [1.54, 1.807) is 6.07 Å². The molecular weight excluding hydrogens is 289 g/mol. The Morgan fingerprint density at radius 1 is 1.23 bits per heavy atom. The predicted octanol–water partition coefficient (Wildman–Crippen LogP) is 4.08. The molecule has 0 atom stereocenters. The zero-order chi connectivity index (χ0) is 15.6. The van der Waals surface area contributed by atoms with Crippen LogP contribution in [0.1, 0.15) is 24.2 Å². The SMILES string of the molecule is FC(F)(F)c1cccc(C2=CCN(CC3=CC=CCC3)C2)n1. The molecule has 22 heavy (non-hydrogen) atoms. The molecule has 0 spiro atoms. The molecule has 116 valence electrons. The van der Waals surface area contributed by atoms with Gasteiger partial charge in [-0.05, 0) is 30.5 Å². The van der Waals surface area contributed by atoms with Crippen LogP contribution in [-0.4, -0.2) is 29.5 Å². The van der Waals surface area contributed by atoms with Gasteiger partial charge in [-0.15, -0.1) is 0 Å². The molecule has 1 aliphatic carbocycles. The van der Waals surface area contributed by atoms with Gasteiger partial charge >= 0.3 is 6.18 Å². The summed E-state index contributed by atoms with van der Waals surface area (Å²) >= 11 is 0. The molecule has 1 aliphatic heterocycles. The average Bonchev–Trinajstić information content (AvgIpc) is 2.96. The second kappa shape index (κ2) is 6.08. The van der Waals surface area contributed by atoms with Gasteiger partial charge in [-0.25, -0.2) is 4.98 Å². The van der Waals surface area contributed by atoms with Gasteiger partial charge in [0, 0.05) is 19.6 Å². The number of alkyl halides is 3. The molecule has 0 fully saturated rings. The maximum Gasteiger partial charge on any atom is 0.433 e. The average molecular weight is 306 g/mol. The van der Waals surface area contributed by atoms with Gasteiger partial charge in [-0.2, -0.15) is 13.2 Å². The molecule has 0 bridgehead atoms. The van der Waals surface area contributed by atoms with E-state index in [-0.39, 0.29) is 0 Å². The summed E-state index contributed by atoms with van der Waals surface area (Å²) in [6.07, 6.45) is 6.04. The number of hydrogen-bond donors (Lipinski definition) is 0. The highest BCUT2D eigenvalue weighted by atomic mass is 19.4. The Bertz CT molecular complexity index is 642. The topological polar surface area (TPSA) is 16.1 Å². The second-order valence-corrected chi connectivity index (χ2v) is 5.60. The molecule has 3 rings (SSSR count). The van der Waals surface area contributed by atoms with E-state index in [4.69, 9.17) is 0 Å². The van der Waals surface area contributed by atoms with Gasteiger partial charge in [0.05, 0.1) is 5.69 Å². The van der Waals surface area contributed by atoms with Crippen LogP contribution in [-0.2, 0) is 6.18 Å². The highest BCUT2D eigenvalue weighted by molar-refractivity contribution is 5.66. The lowest BCUT2D eigenvalue weighted by atomic mass is 10.0. The summed E-state index contributed by atoms with van der Waals surface area (Å²) in [5.41, 5.74) is 1.84. The number of rotatable bonds is 3. The van der Waals surface area contributed by atoms with Crippen LogP contribution in [0, 0.1) is 0 Å². The van der Waals surface area contributed by atoms with E-state index < -0.39 is 11.9 Å². The number of hydrogen-bond acceptors (Lipinski definition) is 2. The van der Waals surface area contributed by atoms with Crippen molar-refractivity contribution < 1.29 is 13.2 Å². The van der Waals surface area contributed by atoms with Crippen molar-refractivity contribution in [3.8, 4) is 0 Å². The summed E-state index contributed by atoms with van der Waals surface area (Å²) < 4.78 is 38.2. The van der Waals surface area contributed by atoms with Gasteiger partial charge < -0.3 is 0 Å². The summed E-state index contributed by atoms with van der Waals surface area (Å²) in [6, 6.07) is 4.08. The van der Waals surface area contributed by atoms with Crippen LogP contribution in [0.5, 0.6) is 0 Å². The molecule has 2 aliphatic rings. The van der Waals surface area contributed by atoms with Crippen molar-refractivity contribution in [3.63, 3.8) is 0 Å². The molecule has 2 nitrogen and oxygen atoms in total. The summed E-state index contributed by atoms with van der Waals surface area (Å²) in [7, 11) is 0. The van der Waals surface area contributed by atoms with E-state index in [2.05, 4.69) is 28.1 Å². The summed E-state index contributed by atoms with van der Waals surface area (Å²) in [6.45, 7) is 2.27. The van der Waals surface area contributed by atoms with Gasteiger partial charge in [0.1, 0.15) is 5.69 Å². The van der Waals surface area contributed by atoms with E-state index in [0.717, 1.165) is 37.6 Å². The molecule has 0 saturated carbocycles. The van der Waals surface area contributed by atoms with Crippen LogP contribution in [0.25, 0.3) is 5.57 Å². The lowest BCUT2D eigenvalue weighted by Gasteiger charge is -2.19. The second-order valence-electron chi connectivity index (χ2n) is 5.60. The first-order valence-electron chi connectivity index (χ1n) is 7.33. The first-order chi connectivity index (χ1) is 10.5. The Kier molecular flexibility index (Phi) is 4.16. The van der Waals surface area contributed by atoms with Crippen molar-refractivity contribution in [2.75, 3.05) is 19.6 Å². The van der Waals surface area contributed by atoms with E-state index in [0.29, 0.717) is 12.2 Å². The van der Waals surface area contributed by atoms with Crippen LogP contribution in [0.2, 0.25) is 0 Å². The minimum Gasteiger partial charge on any atom is -0.291 e. The molecule has 0 saturated heterocycles. The van der Waals surface area contributed by atoms with Crippen LogP contribution >= 0.6 is 0 Å². The molecule has 0 radical (unpaired) electrons. The third-order valence-electron chi connectivity index (χ3n) is 3.89. The van der Waals surface area contributed by atoms with Gasteiger partial charge in [-0.3, -0.25) is 4.90 Å². The summed E-state index contributed by atoms with van der Waals surface area (Å²) in [5.74, 6) is 0. The quantitative estimate of drug-likeness (QED) is 0.836. The molecule has 5 heteroatoms. The Hall–Kier alpha value is -1.88. The van der Waals surface area contributed by atoms with Gasteiger partial charge in [-0.1, -0.05) is 35.9 Å². The van der Waals surface area contributed by atoms with Crippen LogP contribution < -0.4 is 0 Å². The van der Waals surface area contributed by atoms with E-state index >= 15 is 0 Å². The van der Waals surface area contributed by atoms with Gasteiger partial charge in [0.25, 0.3) is 0 Å². The summed E-state index contributed by atoms with van der Waals surface area (Å²) in [5, 5.41) is 0. The predicted molar refractivity (Wildman–Crippen MR) is 80.1 cm³/mol. The lowest BCUT2D eigenvalue weighted by molar-refractivity contribution is -0.141. The Morgan fingerprint density at radius 2 is 2.09 bits per heavy atom. The normalized spacial score (nSPS) is 19.2. The standard InChI is InChI=1S/C17H17F3N2/c18-17(19,20)16-8-4-7-15(21-16)14-9-10-22(12-14)11-13-5-2-1-3-6-13/h1-2,4-5,7-9H,3,6,10-12H2. The van der Waals surface area contributed by atoms with Crippen LogP contribution in [0.3, 0.4) is 0 Å². The lowest BCUT2D eigenvalue weighted by Crippen LogP contribution is -2.24. The van der Waals surface area contributed by atoms with Crippen molar-refractivity contribution in [2.24, 2.45) is 0 Å². The molecule has 1 aromatic rings. The van der Waals surface area contributed by atoms with Crippen molar-refractivity contribution in [1.29, 1.82) is 0 Å². The number of halogens is 3. The highest BCUT2D eigenvalue weighted by Gasteiger charge is 2.32. The van der Waals surface area contributed by atoms with E-state index in [1.807, 2.05) is 6.08 Å². The number of nitrogens with zero attached hydrogens (tertiary/aromatic N) is 2. The largest absolute Gasteiger partial charge is 0.433 e. The fourth-order valence-corrected chi connectivity index (χ4v) is 2.76. The maximum atomic E-state index is 12.7. The van der Waals surface area contributed by atoms with Crippen LogP contribution in [0.4, 0.5) is 13.2 Å². The number of allylic oxidation sites excluding steroid dienone is 3. The van der Waals surface area contributed by atoms with E-state index in [1.165, 1.54) is 11.6 Å². The van der Waals surface area contributed by atoms with Crippen LogP contribution in [0.15, 0.2) is 48.1 Å². The van der Waals surface area contributed by atoms with E-state index in [9.17, 15) is 13.2 Å². The smallest absolute Gasteiger partial charge is 0.291 e. The number of pyridine rings is 1. The fourth-order valence-electron chi connectivity index (χ4n) is 2.76. The zero-order valence-electron chi connectivity index (χ0n) is 12.1. The van der Waals surface area contributed by atoms with Crippen molar-refractivity contribution in [2.45, 2.75) is 19.0 Å². The van der Waals surface area contributed by atoms with Crippen molar-refractivity contribution in [1.82, 2.24) is 9.88 Å². The first kappa shape index (κ1) is 15.0. The molecule has 0 unspecified atom stereocenters. The summed E-state index contributed by atoms with van der Waals surface area (Å²) in [4.78, 5) is 5.99. The Labute approximate surface area is 127 Å². The minimum absolute atomic E-state index is 0.426. The fraction of sp³-hybridized carbons (Fsp3) is 0.353. The third kappa shape index (κ3) is 3.47. The third-order valence-corrected chi connectivity index (χ3v) is 3.89. The molecule has 0 N–H and O–H groups in total. The first-order valence-corrected chi connectivity index (χ1v) is 7.33. The number of aromatic nitrogens is 1.